The van der Waals surface area contributed by atoms with Gasteiger partial charge in [-0.3, -0.25) is 0 Å². The molecule has 3 nitrogen and oxygen atoms in total. The Hall–Kier alpha value is -2.65. The zero-order valence-electron chi connectivity index (χ0n) is 18.7. The number of aromatic nitrogens is 1. The highest BCUT2D eigenvalue weighted by Gasteiger charge is 2.46. The van der Waals surface area contributed by atoms with Crippen LogP contribution in [0.25, 0.3) is 0 Å². The number of rotatable bonds is 6. The van der Waals surface area contributed by atoms with Crippen molar-refractivity contribution in [2.45, 2.75) is 44.3 Å². The highest BCUT2D eigenvalue weighted by Crippen LogP contribution is 2.47. The largest absolute Gasteiger partial charge is 0.465 e. The van der Waals surface area contributed by atoms with Gasteiger partial charge in [0.15, 0.2) is 23.3 Å². The van der Waals surface area contributed by atoms with Crippen LogP contribution < -0.4 is 0 Å². The second-order valence-electron chi connectivity index (χ2n) is 7.95. The molecule has 0 aliphatic heterocycles. The summed E-state index contributed by atoms with van der Waals surface area (Å²) in [6, 6.07) is 0. The van der Waals surface area contributed by atoms with Gasteiger partial charge in [0.1, 0.15) is 17.0 Å². The fourth-order valence-electron chi connectivity index (χ4n) is 3.57. The van der Waals surface area contributed by atoms with Crippen LogP contribution in [0.3, 0.4) is 0 Å². The van der Waals surface area contributed by atoms with E-state index in [2.05, 4.69) is 22.3 Å². The first-order chi connectivity index (χ1) is 16.8. The van der Waals surface area contributed by atoms with Crippen molar-refractivity contribution in [3.63, 3.8) is 0 Å². The summed E-state index contributed by atoms with van der Waals surface area (Å²) in [4.78, 5) is 15.1. The molecule has 0 N–H and O–H groups in total. The topological polar surface area (TPSA) is 39.2 Å². The second kappa shape index (κ2) is 10.6. The van der Waals surface area contributed by atoms with E-state index in [0.717, 1.165) is 0 Å². The van der Waals surface area contributed by atoms with Gasteiger partial charge in [-0.2, -0.15) is 39.0 Å². The van der Waals surface area contributed by atoms with Crippen LogP contribution in [0.2, 0.25) is 0 Å². The average molecular weight is 573 g/mol. The van der Waals surface area contributed by atoms with Crippen LogP contribution in [0.5, 0.6) is 0 Å². The average Bonchev–Trinajstić information content (AvgIpc) is 2.74. The minimum atomic E-state index is -5.95. The molecule has 2 rings (SSSR count). The zero-order valence-corrected chi connectivity index (χ0v) is 19.6. The summed E-state index contributed by atoms with van der Waals surface area (Å²) in [6.07, 6.45) is -16.1. The maximum Gasteiger partial charge on any atom is 0.433 e. The molecule has 1 atom stereocenters. The van der Waals surface area contributed by atoms with Gasteiger partial charge in [0.2, 0.25) is 0 Å². The molecule has 0 amide bonds. The predicted molar refractivity (Wildman–Crippen MR) is 106 cm³/mol. The molecule has 206 valence electrons. The Morgan fingerprint density at radius 1 is 0.892 bits per heavy atom. The van der Waals surface area contributed by atoms with Gasteiger partial charge in [-0.25, -0.2) is 36.1 Å². The van der Waals surface area contributed by atoms with Crippen molar-refractivity contribution in [1.29, 1.82) is 0 Å². The summed E-state index contributed by atoms with van der Waals surface area (Å²) >= 11 is 3.60. The molecule has 1 unspecified atom stereocenters. The lowest BCUT2D eigenvalue weighted by molar-refractivity contribution is -0.143. The van der Waals surface area contributed by atoms with Crippen LogP contribution >= 0.6 is 12.6 Å². The number of pyridine rings is 1. The molecule has 1 aromatic heterocycles. The first kappa shape index (κ1) is 30.6. The van der Waals surface area contributed by atoms with Crippen molar-refractivity contribution < 1.29 is 62.2 Å². The first-order valence-electron chi connectivity index (χ1n) is 9.88. The minimum absolute atomic E-state index is 0.673. The molecule has 1 aromatic carbocycles. The van der Waals surface area contributed by atoms with Crippen LogP contribution in [-0.2, 0) is 23.5 Å². The van der Waals surface area contributed by atoms with Gasteiger partial charge in [-0.05, 0) is 17.9 Å². The summed E-state index contributed by atoms with van der Waals surface area (Å²) in [7, 11) is 0.673. The molecular formula is C21H15F12NO2S. The van der Waals surface area contributed by atoms with E-state index in [1.807, 2.05) is 0 Å². The van der Waals surface area contributed by atoms with E-state index in [-0.39, 0.29) is 0 Å². The van der Waals surface area contributed by atoms with E-state index in [1.54, 1.807) is 0 Å². The summed E-state index contributed by atoms with van der Waals surface area (Å²) in [6.45, 7) is 2.68. The number of alkyl halides is 8. The molecule has 0 spiro atoms. The van der Waals surface area contributed by atoms with Gasteiger partial charge in [-0.15, -0.1) is 0 Å². The number of methoxy groups -OCH3 is 1. The standard InChI is InChI=1S/C21H15F12NO2S/c1-5(2)4-6-7(19(35)36-3)15(18(26)27)34-17(21(31,32)33)8(6)16(37)9-11(22)13(24)10(20(28,29)30)14(25)12(9)23/h5,16,18,37H,4H2,1-3H3. The van der Waals surface area contributed by atoms with Crippen molar-refractivity contribution in [1.82, 2.24) is 4.98 Å². The van der Waals surface area contributed by atoms with E-state index in [1.165, 1.54) is 13.8 Å². The fraction of sp³-hybridized carbons (Fsp3) is 0.429. The number of esters is 1. The van der Waals surface area contributed by atoms with Crippen molar-refractivity contribution in [3.05, 3.63) is 62.5 Å². The fourth-order valence-corrected chi connectivity index (χ4v) is 4.07. The smallest absolute Gasteiger partial charge is 0.433 e. The van der Waals surface area contributed by atoms with Crippen LogP contribution in [0, 0.1) is 29.2 Å². The van der Waals surface area contributed by atoms with Crippen LogP contribution in [0.4, 0.5) is 52.7 Å². The SMILES string of the molecule is COC(=O)c1c(C(F)F)nc(C(F)(F)F)c(C(S)c2c(F)c(F)c(C(F)(F)F)c(F)c2F)c1CC(C)C. The van der Waals surface area contributed by atoms with E-state index in [9.17, 15) is 57.5 Å². The number of nitrogens with zero attached hydrogens (tertiary/aromatic N) is 1. The van der Waals surface area contributed by atoms with Gasteiger partial charge in [0.25, 0.3) is 6.43 Å². The molecule has 0 fully saturated rings. The Morgan fingerprint density at radius 3 is 1.73 bits per heavy atom. The van der Waals surface area contributed by atoms with E-state index >= 15 is 0 Å². The lowest BCUT2D eigenvalue weighted by Crippen LogP contribution is -2.25. The Balaban J connectivity index is 3.16. The maximum absolute atomic E-state index is 14.7. The van der Waals surface area contributed by atoms with Crippen LogP contribution in [0.1, 0.15) is 69.5 Å². The normalized spacial score (nSPS) is 13.5. The van der Waals surface area contributed by atoms with Crippen LogP contribution in [-0.4, -0.2) is 18.1 Å². The molecule has 16 heteroatoms. The number of thiol groups is 1. The highest BCUT2D eigenvalue weighted by molar-refractivity contribution is 7.80. The Kier molecular flexibility index (Phi) is 8.77. The molecule has 0 radical (unpaired) electrons. The number of halogens is 12. The number of ether oxygens (including phenoxy) is 1. The number of carbonyl (C=O) groups excluding carboxylic acids is 1. The maximum atomic E-state index is 14.7. The third-order valence-electron chi connectivity index (χ3n) is 4.98. The lowest BCUT2D eigenvalue weighted by atomic mass is 9.87. The van der Waals surface area contributed by atoms with Gasteiger partial charge >= 0.3 is 18.3 Å². The molecule has 0 bridgehead atoms. The van der Waals surface area contributed by atoms with Gasteiger partial charge in [0.05, 0.1) is 17.9 Å². The quantitative estimate of drug-likeness (QED) is 0.167. The monoisotopic (exact) mass is 573 g/mol. The molecule has 37 heavy (non-hydrogen) atoms. The van der Waals surface area contributed by atoms with E-state index < -0.39 is 105 Å². The second-order valence-corrected chi connectivity index (χ2v) is 8.46. The Labute approximate surface area is 206 Å². The summed E-state index contributed by atoms with van der Waals surface area (Å²) < 4.78 is 170. The number of hydrogen-bond acceptors (Lipinski definition) is 4. The highest BCUT2D eigenvalue weighted by atomic mass is 32.1. The molecule has 0 saturated heterocycles. The third kappa shape index (κ3) is 5.77. The van der Waals surface area contributed by atoms with Crippen LogP contribution in [0.15, 0.2) is 0 Å². The first-order valence-corrected chi connectivity index (χ1v) is 10.4. The van der Waals surface area contributed by atoms with Crippen molar-refractivity contribution in [3.8, 4) is 0 Å². The summed E-state index contributed by atoms with van der Waals surface area (Å²) in [5.41, 5.74) is -12.7. The molecule has 1 heterocycles. The Bertz CT molecular complexity index is 1180. The van der Waals surface area contributed by atoms with Gasteiger partial charge in [-0.1, -0.05) is 13.8 Å². The van der Waals surface area contributed by atoms with Gasteiger partial charge < -0.3 is 4.74 Å². The molecule has 0 aliphatic carbocycles. The van der Waals surface area contributed by atoms with Crippen molar-refractivity contribution in [2.75, 3.05) is 7.11 Å². The minimum Gasteiger partial charge on any atom is -0.465 e. The molecule has 2 aromatic rings. The summed E-state index contributed by atoms with van der Waals surface area (Å²) in [5, 5.41) is -2.78. The molecule has 0 aliphatic rings. The van der Waals surface area contributed by atoms with Gasteiger partial charge in [0, 0.05) is 11.1 Å². The number of benzene rings is 1. The zero-order chi connectivity index (χ0) is 28.8. The third-order valence-corrected chi connectivity index (χ3v) is 5.49. The molecule has 0 saturated carbocycles. The predicted octanol–water partition coefficient (Wildman–Crippen LogP) is 7.62. The number of carbonyl (C=O) groups is 1. The van der Waals surface area contributed by atoms with E-state index in [4.69, 9.17) is 0 Å². The lowest BCUT2D eigenvalue weighted by Gasteiger charge is -2.26. The van der Waals surface area contributed by atoms with E-state index in [0.29, 0.717) is 7.11 Å². The number of hydrogen-bond donors (Lipinski definition) is 1. The molecular weight excluding hydrogens is 558 g/mol. The van der Waals surface area contributed by atoms with Crippen molar-refractivity contribution in [2.24, 2.45) is 5.92 Å². The van der Waals surface area contributed by atoms with Crippen molar-refractivity contribution >= 4 is 18.6 Å². The summed E-state index contributed by atoms with van der Waals surface area (Å²) in [5.74, 6) is -13.8. The Morgan fingerprint density at radius 2 is 1.38 bits per heavy atom.